The van der Waals surface area contributed by atoms with Crippen LogP contribution in [0.1, 0.15) is 57.1 Å². The number of hydrogen-bond acceptors (Lipinski definition) is 2. The van der Waals surface area contributed by atoms with Gasteiger partial charge in [0.2, 0.25) is 5.91 Å². The Labute approximate surface area is 171 Å². The van der Waals surface area contributed by atoms with Crippen LogP contribution in [0.25, 0.3) is 0 Å². The van der Waals surface area contributed by atoms with Gasteiger partial charge < -0.3 is 0 Å². The van der Waals surface area contributed by atoms with Gasteiger partial charge >= 0.3 is 0 Å². The van der Waals surface area contributed by atoms with Gasteiger partial charge in [-0.25, -0.2) is 4.39 Å². The molecule has 2 aliphatic rings. The zero-order valence-electron chi connectivity index (χ0n) is 17.2. The van der Waals surface area contributed by atoms with Gasteiger partial charge in [-0.2, -0.15) is 0 Å². The van der Waals surface area contributed by atoms with Gasteiger partial charge in [0.15, 0.2) is 5.78 Å². The lowest BCUT2D eigenvalue weighted by Crippen LogP contribution is -2.43. The number of benzene rings is 2. The van der Waals surface area contributed by atoms with E-state index in [1.165, 1.54) is 17.7 Å². The van der Waals surface area contributed by atoms with Crippen molar-refractivity contribution in [1.82, 2.24) is 0 Å². The smallest absolute Gasteiger partial charge is 0.232 e. The number of hydrogen-bond donors (Lipinski definition) is 0. The summed E-state index contributed by atoms with van der Waals surface area (Å²) in [5.41, 5.74) is 4.16. The second kappa shape index (κ2) is 7.25. The summed E-state index contributed by atoms with van der Waals surface area (Å²) in [5.74, 6) is -0.504. The fourth-order valence-electron chi connectivity index (χ4n) is 4.58. The molecule has 1 atom stereocenters. The van der Waals surface area contributed by atoms with Crippen molar-refractivity contribution in [3.8, 4) is 0 Å². The summed E-state index contributed by atoms with van der Waals surface area (Å²) in [6, 6.07) is 14.2. The van der Waals surface area contributed by atoms with Crippen molar-refractivity contribution in [2.75, 3.05) is 4.90 Å². The van der Waals surface area contributed by atoms with Crippen molar-refractivity contribution in [2.45, 2.75) is 52.4 Å². The van der Waals surface area contributed by atoms with Crippen molar-refractivity contribution < 1.29 is 14.0 Å². The Morgan fingerprint density at radius 1 is 1.00 bits per heavy atom. The minimum absolute atomic E-state index is 0.0505. The Hall–Kier alpha value is -2.75. The Morgan fingerprint density at radius 2 is 1.66 bits per heavy atom. The van der Waals surface area contributed by atoms with Crippen LogP contribution in [0, 0.1) is 11.2 Å². The van der Waals surface area contributed by atoms with E-state index in [-0.39, 0.29) is 35.3 Å². The Kier molecular flexibility index (Phi) is 4.89. The first-order valence-corrected chi connectivity index (χ1v) is 10.2. The maximum absolute atomic E-state index is 13.4. The first-order valence-electron chi connectivity index (χ1n) is 10.2. The second-order valence-corrected chi connectivity index (χ2v) is 8.86. The Bertz CT molecular complexity index is 986. The zero-order valence-corrected chi connectivity index (χ0v) is 17.2. The lowest BCUT2D eigenvalue weighted by atomic mass is 9.69. The number of halogens is 1. The minimum Gasteiger partial charge on any atom is -0.294 e. The van der Waals surface area contributed by atoms with E-state index in [0.29, 0.717) is 18.5 Å². The summed E-state index contributed by atoms with van der Waals surface area (Å²) in [4.78, 5) is 28.1. The molecule has 150 valence electrons. The van der Waals surface area contributed by atoms with Crippen LogP contribution in [0.4, 0.5) is 10.1 Å². The lowest BCUT2D eigenvalue weighted by Gasteiger charge is -2.43. The number of Topliss-reactive ketones (excluding diaryl/α,β-unsaturated/α-hetero) is 1. The molecule has 1 amide bonds. The van der Waals surface area contributed by atoms with Gasteiger partial charge in [-0.15, -0.1) is 0 Å². The standard InChI is InChI=1S/C25H26FNO2/c1-4-16-5-7-17(8-6-16)20-13-23(29)27(19-11-9-18(26)10-12-19)21-14-25(2,3)15-22(28)24(20)21/h5-12,20H,4,13-15H2,1-3H3. The largest absolute Gasteiger partial charge is 0.294 e. The molecule has 2 aromatic rings. The summed E-state index contributed by atoms with van der Waals surface area (Å²) in [6.45, 7) is 6.22. The van der Waals surface area contributed by atoms with Crippen LogP contribution < -0.4 is 4.90 Å². The van der Waals surface area contributed by atoms with Gasteiger partial charge in [-0.05, 0) is 53.6 Å². The van der Waals surface area contributed by atoms with Crippen LogP contribution in [0.15, 0.2) is 59.8 Å². The molecule has 1 unspecified atom stereocenters. The molecule has 1 aliphatic heterocycles. The molecule has 0 bridgehead atoms. The number of rotatable bonds is 3. The molecular weight excluding hydrogens is 365 g/mol. The van der Waals surface area contributed by atoms with E-state index < -0.39 is 0 Å². The monoisotopic (exact) mass is 391 g/mol. The summed E-state index contributed by atoms with van der Waals surface area (Å²) >= 11 is 0. The van der Waals surface area contributed by atoms with E-state index in [4.69, 9.17) is 0 Å². The maximum Gasteiger partial charge on any atom is 0.232 e. The predicted octanol–water partition coefficient (Wildman–Crippen LogP) is 5.55. The molecule has 0 saturated carbocycles. The Morgan fingerprint density at radius 3 is 2.28 bits per heavy atom. The second-order valence-electron chi connectivity index (χ2n) is 8.86. The summed E-state index contributed by atoms with van der Waals surface area (Å²) in [6.07, 6.45) is 2.30. The number of nitrogens with zero attached hydrogens (tertiary/aromatic N) is 1. The molecule has 0 fully saturated rings. The molecule has 0 aromatic heterocycles. The van der Waals surface area contributed by atoms with E-state index in [1.54, 1.807) is 17.0 Å². The molecule has 4 heteroatoms. The quantitative estimate of drug-likeness (QED) is 0.688. The fraction of sp³-hybridized carbons (Fsp3) is 0.360. The van der Waals surface area contributed by atoms with Crippen LogP contribution in [-0.2, 0) is 16.0 Å². The van der Waals surface area contributed by atoms with Gasteiger partial charge in [0.05, 0.1) is 0 Å². The average Bonchev–Trinajstić information content (AvgIpc) is 2.67. The van der Waals surface area contributed by atoms with Gasteiger partial charge in [-0.1, -0.05) is 45.0 Å². The molecule has 0 saturated heterocycles. The van der Waals surface area contributed by atoms with Crippen LogP contribution in [0.2, 0.25) is 0 Å². The van der Waals surface area contributed by atoms with E-state index >= 15 is 0 Å². The molecule has 2 aromatic carbocycles. The van der Waals surface area contributed by atoms with Crippen molar-refractivity contribution in [2.24, 2.45) is 5.41 Å². The Balaban J connectivity index is 1.85. The molecular formula is C25H26FNO2. The van der Waals surface area contributed by atoms with Crippen molar-refractivity contribution in [3.05, 3.63) is 76.7 Å². The lowest BCUT2D eigenvalue weighted by molar-refractivity contribution is -0.121. The van der Waals surface area contributed by atoms with Gasteiger partial charge in [0, 0.05) is 35.7 Å². The van der Waals surface area contributed by atoms with E-state index in [0.717, 1.165) is 23.3 Å². The third kappa shape index (κ3) is 3.64. The third-order valence-corrected chi connectivity index (χ3v) is 6.02. The molecule has 0 spiro atoms. The fourth-order valence-corrected chi connectivity index (χ4v) is 4.58. The number of anilines is 1. The minimum atomic E-state index is -0.346. The first kappa shape index (κ1) is 19.6. The van der Waals surface area contributed by atoms with Crippen LogP contribution in [0.5, 0.6) is 0 Å². The van der Waals surface area contributed by atoms with Gasteiger partial charge in [-0.3, -0.25) is 14.5 Å². The molecule has 4 rings (SSSR count). The van der Waals surface area contributed by atoms with E-state index in [1.807, 2.05) is 12.1 Å². The zero-order chi connectivity index (χ0) is 20.8. The highest BCUT2D eigenvalue weighted by atomic mass is 19.1. The molecule has 1 heterocycles. The number of carbonyl (C=O) groups excluding carboxylic acids is 2. The van der Waals surface area contributed by atoms with Crippen LogP contribution >= 0.6 is 0 Å². The van der Waals surface area contributed by atoms with Crippen LogP contribution in [0.3, 0.4) is 0 Å². The maximum atomic E-state index is 13.4. The number of ketones is 1. The molecule has 29 heavy (non-hydrogen) atoms. The van der Waals surface area contributed by atoms with Crippen molar-refractivity contribution >= 4 is 17.4 Å². The van der Waals surface area contributed by atoms with Crippen molar-refractivity contribution in [3.63, 3.8) is 0 Å². The topological polar surface area (TPSA) is 37.4 Å². The predicted molar refractivity (Wildman–Crippen MR) is 112 cm³/mol. The highest BCUT2D eigenvalue weighted by Gasteiger charge is 2.44. The molecule has 3 nitrogen and oxygen atoms in total. The summed E-state index contributed by atoms with van der Waals surface area (Å²) < 4.78 is 13.4. The number of carbonyl (C=O) groups is 2. The summed E-state index contributed by atoms with van der Waals surface area (Å²) in [5, 5.41) is 0. The van der Waals surface area contributed by atoms with E-state index in [9.17, 15) is 14.0 Å². The van der Waals surface area contributed by atoms with Crippen molar-refractivity contribution in [1.29, 1.82) is 0 Å². The third-order valence-electron chi connectivity index (χ3n) is 6.02. The normalized spacial score (nSPS) is 21.4. The molecule has 0 radical (unpaired) electrons. The highest BCUT2D eigenvalue weighted by Crippen LogP contribution is 2.48. The van der Waals surface area contributed by atoms with E-state index in [2.05, 4.69) is 32.9 Å². The molecule has 1 aliphatic carbocycles. The van der Waals surface area contributed by atoms with Gasteiger partial charge in [0.25, 0.3) is 0 Å². The SMILES string of the molecule is CCc1ccc(C2CC(=O)N(c3ccc(F)cc3)C3=C2C(=O)CC(C)(C)C3)cc1. The number of aryl methyl sites for hydroxylation is 1. The van der Waals surface area contributed by atoms with Gasteiger partial charge in [0.1, 0.15) is 5.82 Å². The molecule has 0 N–H and O–H groups in total. The first-order chi connectivity index (χ1) is 13.8. The number of allylic oxidation sites excluding steroid dienone is 2. The summed E-state index contributed by atoms with van der Waals surface area (Å²) in [7, 11) is 0. The highest BCUT2D eigenvalue weighted by molar-refractivity contribution is 6.07. The average molecular weight is 391 g/mol. The number of amides is 1. The van der Waals surface area contributed by atoms with Crippen LogP contribution in [-0.4, -0.2) is 11.7 Å².